The molecule has 0 saturated heterocycles. The summed E-state index contributed by atoms with van der Waals surface area (Å²) in [7, 11) is -4.06. The van der Waals surface area contributed by atoms with Crippen molar-refractivity contribution in [2.24, 2.45) is 0 Å². The zero-order valence-electron chi connectivity index (χ0n) is 5.94. The van der Waals surface area contributed by atoms with E-state index < -0.39 is 10.1 Å². The van der Waals surface area contributed by atoms with Gasteiger partial charge in [0.1, 0.15) is 5.75 Å². The maximum absolute atomic E-state index is 10.4. The molecular formula is C7H6ClO3S. The van der Waals surface area contributed by atoms with Gasteiger partial charge < -0.3 is 0 Å². The average Bonchev–Trinajstić information content (AvgIpc) is 1.91. The van der Waals surface area contributed by atoms with Crippen LogP contribution in [0, 0.1) is 5.75 Å². The Morgan fingerprint density at radius 3 is 2.17 bits per heavy atom. The van der Waals surface area contributed by atoms with Crippen LogP contribution in [0.25, 0.3) is 0 Å². The molecule has 1 N–H and O–H groups in total. The number of benzene rings is 1. The Bertz CT molecular complexity index is 355. The van der Waals surface area contributed by atoms with Crippen LogP contribution in [0.15, 0.2) is 24.3 Å². The van der Waals surface area contributed by atoms with E-state index in [4.69, 9.17) is 16.2 Å². The molecular weight excluding hydrogens is 200 g/mol. The predicted molar refractivity (Wildman–Crippen MR) is 46.4 cm³/mol. The molecule has 0 heterocycles. The molecule has 0 amide bonds. The van der Waals surface area contributed by atoms with Crippen LogP contribution >= 0.6 is 11.6 Å². The van der Waals surface area contributed by atoms with E-state index in [0.717, 1.165) is 5.75 Å². The molecule has 0 saturated carbocycles. The van der Waals surface area contributed by atoms with Gasteiger partial charge >= 0.3 is 0 Å². The molecule has 0 bridgehead atoms. The van der Waals surface area contributed by atoms with Gasteiger partial charge in [-0.05, 0) is 17.7 Å². The van der Waals surface area contributed by atoms with Gasteiger partial charge in [0.15, 0.2) is 0 Å². The lowest BCUT2D eigenvalue weighted by Gasteiger charge is -1.96. The normalized spacial score (nSPS) is 11.5. The summed E-state index contributed by atoms with van der Waals surface area (Å²) in [6.45, 7) is 0. The third kappa shape index (κ3) is 3.21. The highest BCUT2D eigenvalue weighted by Gasteiger charge is 2.06. The van der Waals surface area contributed by atoms with Gasteiger partial charge in [0.05, 0.1) is 0 Å². The van der Waals surface area contributed by atoms with E-state index in [1.165, 1.54) is 12.1 Å². The van der Waals surface area contributed by atoms with Gasteiger partial charge in [0.2, 0.25) is 0 Å². The summed E-state index contributed by atoms with van der Waals surface area (Å²) in [4.78, 5) is 0. The molecule has 0 aliphatic heterocycles. The summed E-state index contributed by atoms with van der Waals surface area (Å²) in [6.07, 6.45) is 0. The van der Waals surface area contributed by atoms with E-state index in [0.29, 0.717) is 10.6 Å². The maximum atomic E-state index is 10.4. The smallest absolute Gasteiger partial charge is 0.273 e. The van der Waals surface area contributed by atoms with Gasteiger partial charge in [-0.2, -0.15) is 8.42 Å². The van der Waals surface area contributed by atoms with Crippen LogP contribution in [-0.2, 0) is 10.1 Å². The Labute approximate surface area is 75.7 Å². The first-order chi connectivity index (χ1) is 5.47. The van der Waals surface area contributed by atoms with E-state index in [1.54, 1.807) is 12.1 Å². The SMILES string of the molecule is O=S(=O)(O)[CH]c1ccc(Cl)cc1. The number of hydrogen-bond donors (Lipinski definition) is 1. The van der Waals surface area contributed by atoms with Crippen molar-refractivity contribution in [2.45, 2.75) is 0 Å². The first-order valence-electron chi connectivity index (χ1n) is 3.05. The molecule has 0 spiro atoms. The maximum Gasteiger partial charge on any atom is 0.273 e. The molecule has 1 aromatic rings. The van der Waals surface area contributed by atoms with E-state index in [1.807, 2.05) is 0 Å². The fourth-order valence-electron chi connectivity index (χ4n) is 0.713. The molecule has 12 heavy (non-hydrogen) atoms. The van der Waals surface area contributed by atoms with E-state index in [9.17, 15) is 8.42 Å². The summed E-state index contributed by atoms with van der Waals surface area (Å²) in [6, 6.07) is 6.07. The third-order valence-electron chi connectivity index (χ3n) is 1.16. The monoisotopic (exact) mass is 205 g/mol. The minimum Gasteiger partial charge on any atom is -0.285 e. The molecule has 0 atom stereocenters. The topological polar surface area (TPSA) is 54.4 Å². The molecule has 1 rings (SSSR count). The van der Waals surface area contributed by atoms with Crippen LogP contribution in [0.4, 0.5) is 0 Å². The van der Waals surface area contributed by atoms with E-state index in [2.05, 4.69) is 0 Å². The standard InChI is InChI=1S/C7H6ClO3S/c8-7-3-1-6(2-4-7)5-12(9,10)11/h1-5H,(H,9,10,11). The number of hydrogen-bond acceptors (Lipinski definition) is 2. The van der Waals surface area contributed by atoms with Crippen LogP contribution in [0.1, 0.15) is 5.56 Å². The Morgan fingerprint density at radius 2 is 1.75 bits per heavy atom. The highest BCUT2D eigenvalue weighted by atomic mass is 35.5. The predicted octanol–water partition coefficient (Wildman–Crippen LogP) is 1.74. The lowest BCUT2D eigenvalue weighted by atomic mass is 10.2. The van der Waals surface area contributed by atoms with Crippen LogP contribution in [0.5, 0.6) is 0 Å². The van der Waals surface area contributed by atoms with E-state index >= 15 is 0 Å². The molecule has 65 valence electrons. The van der Waals surface area contributed by atoms with Crippen LogP contribution in [0.2, 0.25) is 5.02 Å². The van der Waals surface area contributed by atoms with Crippen LogP contribution < -0.4 is 0 Å². The van der Waals surface area contributed by atoms with Crippen molar-refractivity contribution in [3.05, 3.63) is 40.6 Å². The average molecular weight is 206 g/mol. The summed E-state index contributed by atoms with van der Waals surface area (Å²) >= 11 is 5.56. The molecule has 0 unspecified atom stereocenters. The van der Waals surface area contributed by atoms with Crippen molar-refractivity contribution >= 4 is 21.7 Å². The lowest BCUT2D eigenvalue weighted by molar-refractivity contribution is 0.491. The van der Waals surface area contributed by atoms with Crippen molar-refractivity contribution in [3.8, 4) is 0 Å². The molecule has 5 heteroatoms. The molecule has 0 aromatic heterocycles. The third-order valence-corrected chi connectivity index (χ3v) is 1.98. The van der Waals surface area contributed by atoms with Crippen molar-refractivity contribution in [2.75, 3.05) is 0 Å². The number of halogens is 1. The second-order valence-electron chi connectivity index (χ2n) is 2.18. The Kier molecular flexibility index (Phi) is 2.72. The van der Waals surface area contributed by atoms with Crippen LogP contribution in [0.3, 0.4) is 0 Å². The van der Waals surface area contributed by atoms with Crippen molar-refractivity contribution in [1.82, 2.24) is 0 Å². The molecule has 1 radical (unpaired) electrons. The first-order valence-corrected chi connectivity index (χ1v) is 4.93. The Morgan fingerprint density at radius 1 is 1.25 bits per heavy atom. The second-order valence-corrected chi connectivity index (χ2v) is 3.89. The van der Waals surface area contributed by atoms with Crippen LogP contribution in [-0.4, -0.2) is 13.0 Å². The molecule has 0 aliphatic rings. The Hall–Kier alpha value is -0.580. The quantitative estimate of drug-likeness (QED) is 0.749. The first kappa shape index (κ1) is 9.51. The molecule has 0 fully saturated rings. The fourth-order valence-corrected chi connectivity index (χ4v) is 1.34. The van der Waals surface area contributed by atoms with E-state index in [-0.39, 0.29) is 0 Å². The lowest BCUT2D eigenvalue weighted by Crippen LogP contribution is -1.97. The minimum atomic E-state index is -4.06. The van der Waals surface area contributed by atoms with Crippen molar-refractivity contribution in [1.29, 1.82) is 0 Å². The van der Waals surface area contributed by atoms with Gasteiger partial charge in [0, 0.05) is 5.02 Å². The van der Waals surface area contributed by atoms with Gasteiger partial charge in [-0.1, -0.05) is 23.7 Å². The summed E-state index contributed by atoms with van der Waals surface area (Å²) in [5, 5.41) is 0.516. The van der Waals surface area contributed by atoms with Gasteiger partial charge in [-0.3, -0.25) is 4.55 Å². The largest absolute Gasteiger partial charge is 0.285 e. The summed E-state index contributed by atoms with van der Waals surface area (Å²) < 4.78 is 29.1. The highest BCUT2D eigenvalue weighted by molar-refractivity contribution is 7.88. The molecule has 0 aliphatic carbocycles. The minimum absolute atomic E-state index is 0.391. The molecule has 3 nitrogen and oxygen atoms in total. The van der Waals surface area contributed by atoms with Crippen molar-refractivity contribution in [3.63, 3.8) is 0 Å². The van der Waals surface area contributed by atoms with Crippen molar-refractivity contribution < 1.29 is 13.0 Å². The van der Waals surface area contributed by atoms with Gasteiger partial charge in [-0.15, -0.1) is 0 Å². The second kappa shape index (κ2) is 3.43. The van der Waals surface area contributed by atoms with Gasteiger partial charge in [-0.25, -0.2) is 0 Å². The highest BCUT2D eigenvalue weighted by Crippen LogP contribution is 2.12. The summed E-state index contributed by atoms with van der Waals surface area (Å²) in [5.41, 5.74) is 0.391. The zero-order chi connectivity index (χ0) is 9.19. The fraction of sp³-hybridized carbons (Fsp3) is 0. The summed E-state index contributed by atoms with van der Waals surface area (Å²) in [5.74, 6) is 0.753. The number of rotatable bonds is 2. The Balaban J connectivity index is 2.85. The molecule has 1 aromatic carbocycles. The zero-order valence-corrected chi connectivity index (χ0v) is 7.51. The van der Waals surface area contributed by atoms with Gasteiger partial charge in [0.25, 0.3) is 10.1 Å².